The highest BCUT2D eigenvalue weighted by atomic mass is 16.6. The molecule has 1 heterocycles. The number of cyclic esters (lactones) is 3. The van der Waals surface area contributed by atoms with Gasteiger partial charge >= 0.3 is 17.9 Å². The van der Waals surface area contributed by atoms with Crippen molar-refractivity contribution < 1.29 is 38.1 Å². The summed E-state index contributed by atoms with van der Waals surface area (Å²) in [6.45, 7) is 5.56. The molecule has 1 aliphatic rings. The minimum absolute atomic E-state index is 0.0508. The van der Waals surface area contributed by atoms with Crippen LogP contribution >= 0.6 is 0 Å². The highest BCUT2D eigenvalue weighted by Gasteiger charge is 2.22. The Balaban J connectivity index is 2.86. The predicted molar refractivity (Wildman–Crippen MR) is 109 cm³/mol. The van der Waals surface area contributed by atoms with Crippen molar-refractivity contribution in [1.82, 2.24) is 0 Å². The van der Waals surface area contributed by atoms with Crippen LogP contribution in [-0.2, 0) is 38.1 Å². The zero-order valence-corrected chi connectivity index (χ0v) is 18.5. The molecule has 5 atom stereocenters. The quantitative estimate of drug-likeness (QED) is 0.377. The van der Waals surface area contributed by atoms with E-state index in [4.69, 9.17) is 23.7 Å². The molecule has 1 rings (SSSR count). The number of hydrogen-bond donors (Lipinski definition) is 0. The Morgan fingerprint density at radius 1 is 0.733 bits per heavy atom. The van der Waals surface area contributed by atoms with Crippen molar-refractivity contribution in [2.45, 2.75) is 45.8 Å². The molecule has 0 saturated heterocycles. The summed E-state index contributed by atoms with van der Waals surface area (Å²) in [6, 6.07) is 0. The molecule has 0 aromatic carbocycles. The smallest absolute Gasteiger partial charge is 0.312 e. The third-order valence-electron chi connectivity index (χ3n) is 4.92. The van der Waals surface area contributed by atoms with E-state index in [-0.39, 0.29) is 62.7 Å². The van der Waals surface area contributed by atoms with Gasteiger partial charge in [-0.05, 0) is 6.92 Å². The second-order valence-electron chi connectivity index (χ2n) is 7.43. The van der Waals surface area contributed by atoms with E-state index >= 15 is 0 Å². The normalized spacial score (nSPS) is 33.0. The Labute approximate surface area is 178 Å². The molecule has 30 heavy (non-hydrogen) atoms. The Kier molecular flexibility index (Phi) is 12.0. The summed E-state index contributed by atoms with van der Waals surface area (Å²) in [4.78, 5) is 36.0. The number of carbonyl (C=O) groups excluding carboxylic acids is 3. The predicted octanol–water partition coefficient (Wildman–Crippen LogP) is 2.46. The van der Waals surface area contributed by atoms with Crippen molar-refractivity contribution in [3.05, 3.63) is 24.3 Å². The molecule has 0 amide bonds. The summed E-state index contributed by atoms with van der Waals surface area (Å²) in [5, 5.41) is 0. The monoisotopic (exact) mass is 426 g/mol. The van der Waals surface area contributed by atoms with Crippen LogP contribution in [0.25, 0.3) is 0 Å². The van der Waals surface area contributed by atoms with Gasteiger partial charge < -0.3 is 23.7 Å². The van der Waals surface area contributed by atoms with E-state index in [2.05, 4.69) is 0 Å². The van der Waals surface area contributed by atoms with Gasteiger partial charge in [-0.15, -0.1) is 0 Å². The number of hydrogen-bond acceptors (Lipinski definition) is 8. The van der Waals surface area contributed by atoms with Gasteiger partial charge in [-0.3, -0.25) is 14.4 Å². The maximum Gasteiger partial charge on any atom is 0.312 e. The molecule has 8 heteroatoms. The van der Waals surface area contributed by atoms with E-state index in [0.717, 1.165) is 0 Å². The fourth-order valence-electron chi connectivity index (χ4n) is 2.76. The van der Waals surface area contributed by atoms with Crippen molar-refractivity contribution in [2.75, 3.05) is 34.0 Å². The number of rotatable bonds is 2. The van der Waals surface area contributed by atoms with Gasteiger partial charge in [0.25, 0.3) is 0 Å². The fourth-order valence-corrected chi connectivity index (χ4v) is 2.76. The second kappa shape index (κ2) is 13.9. The average Bonchev–Trinajstić information content (AvgIpc) is 2.72. The zero-order chi connectivity index (χ0) is 22.5. The first-order valence-corrected chi connectivity index (χ1v) is 10.1. The molecule has 0 N–H and O–H groups in total. The van der Waals surface area contributed by atoms with Gasteiger partial charge in [-0.25, -0.2) is 0 Å². The van der Waals surface area contributed by atoms with E-state index < -0.39 is 17.9 Å². The number of methoxy groups -OCH3 is 2. The van der Waals surface area contributed by atoms with Gasteiger partial charge in [0, 0.05) is 26.1 Å². The maximum atomic E-state index is 12.1. The van der Waals surface area contributed by atoms with Crippen LogP contribution in [0.3, 0.4) is 0 Å². The molecule has 0 unspecified atom stereocenters. The van der Waals surface area contributed by atoms with Crippen LogP contribution in [-0.4, -0.2) is 64.2 Å². The highest BCUT2D eigenvalue weighted by molar-refractivity contribution is 5.74. The van der Waals surface area contributed by atoms with Gasteiger partial charge in [0.15, 0.2) is 0 Å². The van der Waals surface area contributed by atoms with Crippen LogP contribution in [0.1, 0.15) is 33.6 Å². The molecule has 0 spiro atoms. The standard InChI is InChI=1S/C22H34O8/c1-15-8-6-10-20(23)28-12-17(3)22(25)30-14-19(27-5)16(2)9-7-11-21(24)29-13-18(15)26-4/h6-9,15-19H,10-14H2,1-5H3/b8-6+,9-7+/t15-,16-,17-,18-,19-/m1/s1. The van der Waals surface area contributed by atoms with E-state index in [1.807, 2.05) is 26.0 Å². The third kappa shape index (κ3) is 9.54. The Morgan fingerprint density at radius 3 is 1.63 bits per heavy atom. The minimum atomic E-state index is -0.585. The first kappa shape index (κ1) is 25.8. The first-order valence-electron chi connectivity index (χ1n) is 10.1. The molecular formula is C22H34O8. The molecule has 0 aromatic heterocycles. The van der Waals surface area contributed by atoms with Crippen LogP contribution in [0.2, 0.25) is 0 Å². The number of carbonyl (C=O) groups is 3. The van der Waals surface area contributed by atoms with Gasteiger partial charge in [0.1, 0.15) is 19.8 Å². The second-order valence-corrected chi connectivity index (χ2v) is 7.43. The molecule has 0 bridgehead atoms. The summed E-state index contributed by atoms with van der Waals surface area (Å²) < 4.78 is 26.5. The highest BCUT2D eigenvalue weighted by Crippen LogP contribution is 2.13. The summed E-state index contributed by atoms with van der Waals surface area (Å²) in [5.41, 5.74) is 0. The van der Waals surface area contributed by atoms with E-state index in [9.17, 15) is 14.4 Å². The van der Waals surface area contributed by atoms with Gasteiger partial charge in [0.05, 0.1) is 31.0 Å². The van der Waals surface area contributed by atoms with E-state index in [1.54, 1.807) is 26.2 Å². The lowest BCUT2D eigenvalue weighted by Gasteiger charge is -2.21. The largest absolute Gasteiger partial charge is 0.465 e. The van der Waals surface area contributed by atoms with Crippen molar-refractivity contribution in [3.8, 4) is 0 Å². The van der Waals surface area contributed by atoms with Crippen LogP contribution in [0, 0.1) is 17.8 Å². The maximum absolute atomic E-state index is 12.1. The van der Waals surface area contributed by atoms with E-state index in [1.165, 1.54) is 7.11 Å². The van der Waals surface area contributed by atoms with Crippen LogP contribution in [0.4, 0.5) is 0 Å². The summed E-state index contributed by atoms with van der Waals surface area (Å²) in [7, 11) is 3.07. The Bertz CT molecular complexity index is 612. The van der Waals surface area contributed by atoms with Crippen molar-refractivity contribution >= 4 is 17.9 Å². The molecule has 0 aromatic rings. The zero-order valence-electron chi connectivity index (χ0n) is 18.5. The van der Waals surface area contributed by atoms with Gasteiger partial charge in [-0.2, -0.15) is 0 Å². The molecular weight excluding hydrogens is 392 g/mol. The number of ether oxygens (including phenoxy) is 5. The molecule has 0 aliphatic carbocycles. The lowest BCUT2D eigenvalue weighted by Crippen LogP contribution is -2.30. The van der Waals surface area contributed by atoms with Crippen LogP contribution in [0.15, 0.2) is 24.3 Å². The topological polar surface area (TPSA) is 97.4 Å². The average molecular weight is 427 g/mol. The van der Waals surface area contributed by atoms with Crippen LogP contribution in [0.5, 0.6) is 0 Å². The lowest BCUT2D eigenvalue weighted by molar-refractivity contribution is -0.157. The van der Waals surface area contributed by atoms with Crippen molar-refractivity contribution in [1.29, 1.82) is 0 Å². The Morgan fingerprint density at radius 2 is 1.17 bits per heavy atom. The van der Waals surface area contributed by atoms with Crippen molar-refractivity contribution in [3.63, 3.8) is 0 Å². The minimum Gasteiger partial charge on any atom is -0.465 e. The fraction of sp³-hybridized carbons (Fsp3) is 0.682. The van der Waals surface area contributed by atoms with Gasteiger partial charge in [-0.1, -0.05) is 38.2 Å². The molecule has 0 saturated carbocycles. The summed E-state index contributed by atoms with van der Waals surface area (Å²) in [5.74, 6) is -2.03. The summed E-state index contributed by atoms with van der Waals surface area (Å²) >= 11 is 0. The van der Waals surface area contributed by atoms with Gasteiger partial charge in [0.2, 0.25) is 0 Å². The molecule has 1 aliphatic heterocycles. The molecule has 170 valence electrons. The van der Waals surface area contributed by atoms with Crippen molar-refractivity contribution in [2.24, 2.45) is 17.8 Å². The summed E-state index contributed by atoms with van der Waals surface area (Å²) in [6.07, 6.45) is 6.51. The molecule has 0 radical (unpaired) electrons. The number of esters is 3. The lowest BCUT2D eigenvalue weighted by atomic mass is 10.0. The van der Waals surface area contributed by atoms with E-state index in [0.29, 0.717) is 0 Å². The molecule has 0 fully saturated rings. The SMILES string of the molecule is CO[C@@H]1COC(=O)C/C=C/[C@@H](C)[C@H](OC)COC(=O)[C@H](C)COC(=O)C/C=C/[C@H]1C. The first-order chi connectivity index (χ1) is 14.3. The Hall–Kier alpha value is -2.19. The third-order valence-corrected chi connectivity index (χ3v) is 4.92. The molecule has 8 nitrogen and oxygen atoms in total. The van der Waals surface area contributed by atoms with Crippen LogP contribution < -0.4 is 0 Å².